The highest BCUT2D eigenvalue weighted by atomic mass is 35.5. The minimum atomic E-state index is 0. The molecule has 0 bridgehead atoms. The van der Waals surface area contributed by atoms with Crippen LogP contribution in [0.4, 0.5) is 5.69 Å². The fourth-order valence-corrected chi connectivity index (χ4v) is 5.39. The van der Waals surface area contributed by atoms with Crippen molar-refractivity contribution in [3.8, 4) is 21.9 Å². The van der Waals surface area contributed by atoms with Crippen LogP contribution >= 0.6 is 36.0 Å². The minimum Gasteiger partial charge on any atom is -0.491 e. The quantitative estimate of drug-likeness (QED) is 0.301. The Morgan fingerprint density at radius 3 is 2.18 bits per heavy atom. The zero-order valence-electron chi connectivity index (χ0n) is 21.9. The highest BCUT2D eigenvalue weighted by Gasteiger charge is 2.21. The van der Waals surface area contributed by atoms with Crippen molar-refractivity contribution in [1.82, 2.24) is 10.2 Å². The highest BCUT2D eigenvalue weighted by molar-refractivity contribution is 7.81. The number of hydrogen-bond acceptors (Lipinski definition) is 6. The monoisotopic (exact) mass is 527 g/mol. The average Bonchev–Trinajstić information content (AvgIpc) is 3.27. The number of nitrogens with zero attached hydrogens (tertiary/aromatic N) is 2. The van der Waals surface area contributed by atoms with Crippen LogP contribution in [-0.2, 0) is 0 Å². The molecule has 0 saturated heterocycles. The number of anilines is 1. The summed E-state index contributed by atoms with van der Waals surface area (Å²) in [4.78, 5) is 7.72. The van der Waals surface area contributed by atoms with Crippen LogP contribution in [0.1, 0.15) is 53.3 Å². The lowest BCUT2D eigenvalue weighted by molar-refractivity contribution is 0.178. The van der Waals surface area contributed by atoms with Gasteiger partial charge in [0.05, 0.1) is 24.3 Å². The molecule has 8 heteroatoms. The summed E-state index contributed by atoms with van der Waals surface area (Å²) in [5.74, 6) is 1.58. The normalized spacial score (nSPS) is 11.0. The van der Waals surface area contributed by atoms with Gasteiger partial charge in [-0.05, 0) is 72.7 Å². The number of methoxy groups -OCH3 is 1. The molecule has 0 aliphatic rings. The molecule has 34 heavy (non-hydrogen) atoms. The Morgan fingerprint density at radius 2 is 1.65 bits per heavy atom. The van der Waals surface area contributed by atoms with Crippen molar-refractivity contribution in [2.24, 2.45) is 0 Å². The van der Waals surface area contributed by atoms with Gasteiger partial charge in [-0.25, -0.2) is 0 Å². The van der Waals surface area contributed by atoms with Gasteiger partial charge < -0.3 is 19.7 Å². The second-order valence-corrected chi connectivity index (χ2v) is 9.94. The van der Waals surface area contributed by atoms with Crippen molar-refractivity contribution in [1.29, 1.82) is 0 Å². The number of halogens is 1. The van der Waals surface area contributed by atoms with E-state index in [2.05, 4.69) is 80.9 Å². The van der Waals surface area contributed by atoms with Gasteiger partial charge >= 0.3 is 0 Å². The Kier molecular flexibility index (Phi) is 13.2. The molecule has 0 atom stereocenters. The molecule has 0 saturated carbocycles. The molecule has 5 nitrogen and oxygen atoms in total. The lowest BCUT2D eigenvalue weighted by Gasteiger charge is -2.30. The van der Waals surface area contributed by atoms with Crippen LogP contribution in [0.3, 0.4) is 0 Å². The molecule has 0 aliphatic heterocycles. The van der Waals surface area contributed by atoms with Gasteiger partial charge in [-0.1, -0.05) is 12.2 Å². The second kappa shape index (κ2) is 14.8. The van der Waals surface area contributed by atoms with E-state index in [-0.39, 0.29) is 12.4 Å². The van der Waals surface area contributed by atoms with Crippen LogP contribution in [0.15, 0.2) is 24.3 Å². The highest BCUT2D eigenvalue weighted by Crippen LogP contribution is 2.46. The molecule has 192 valence electrons. The Hall–Kier alpha value is -1.54. The van der Waals surface area contributed by atoms with Gasteiger partial charge in [0.15, 0.2) is 11.5 Å². The van der Waals surface area contributed by atoms with Gasteiger partial charge in [0.2, 0.25) is 0 Å². The minimum absolute atomic E-state index is 0. The third-order valence-electron chi connectivity index (χ3n) is 5.77. The van der Waals surface area contributed by atoms with Crippen LogP contribution < -0.4 is 19.7 Å². The summed E-state index contributed by atoms with van der Waals surface area (Å²) in [6.45, 7) is 19.4. The first kappa shape index (κ1) is 30.5. The zero-order chi connectivity index (χ0) is 24.5. The largest absolute Gasteiger partial charge is 0.491 e. The summed E-state index contributed by atoms with van der Waals surface area (Å²) >= 11 is 7.39. The summed E-state index contributed by atoms with van der Waals surface area (Å²) in [6.07, 6.45) is 0. The fourth-order valence-electron chi connectivity index (χ4n) is 4.15. The third kappa shape index (κ3) is 7.48. The van der Waals surface area contributed by atoms with E-state index in [0.29, 0.717) is 18.7 Å². The summed E-state index contributed by atoms with van der Waals surface area (Å²) in [5, 5.41) is 3.44. The van der Waals surface area contributed by atoms with E-state index in [9.17, 15) is 0 Å². The van der Waals surface area contributed by atoms with Crippen molar-refractivity contribution in [2.75, 3.05) is 44.8 Å². The van der Waals surface area contributed by atoms with Crippen molar-refractivity contribution < 1.29 is 9.47 Å². The van der Waals surface area contributed by atoms with Crippen LogP contribution in [0.25, 0.3) is 10.4 Å². The first-order valence-corrected chi connectivity index (χ1v) is 13.2. The number of benzene rings is 1. The molecule has 1 aromatic heterocycles. The van der Waals surface area contributed by atoms with Gasteiger partial charge in [-0.3, -0.25) is 4.90 Å². The van der Waals surface area contributed by atoms with Crippen LogP contribution in [0.5, 0.6) is 11.5 Å². The standard InChI is InChI=1S/C26H41N3O2S2.ClH/c1-9-28(10-2)21-13-12-20(24(31-11-3)25(21)30-8)22-14-15-23(33-22)26(32)27-16-17-29(18(4)5)19(6)7;/h12-15,18-19H,9-11,16-17H2,1-8H3,(H,27,32);1H. The maximum absolute atomic E-state index is 6.10. The molecule has 0 unspecified atom stereocenters. The number of ether oxygens (including phenoxy) is 2. The molecule has 2 rings (SSSR count). The second-order valence-electron chi connectivity index (χ2n) is 8.45. The Morgan fingerprint density at radius 1 is 1.00 bits per heavy atom. The number of thiophene rings is 1. The van der Waals surface area contributed by atoms with Gasteiger partial charge in [0, 0.05) is 48.7 Å². The first-order valence-electron chi connectivity index (χ1n) is 12.0. The Balaban J connectivity index is 0.00000578. The van der Waals surface area contributed by atoms with E-state index in [0.717, 1.165) is 63.7 Å². The Bertz CT molecular complexity index is 890. The summed E-state index contributed by atoms with van der Waals surface area (Å²) in [7, 11) is 1.71. The maximum Gasteiger partial charge on any atom is 0.184 e. The number of hydrogen-bond donors (Lipinski definition) is 1. The molecule has 0 fully saturated rings. The molecule has 0 spiro atoms. The topological polar surface area (TPSA) is 37.0 Å². The lowest BCUT2D eigenvalue weighted by atomic mass is 10.1. The molecule has 1 heterocycles. The Labute approximate surface area is 222 Å². The van der Waals surface area contributed by atoms with E-state index in [1.165, 1.54) is 0 Å². The zero-order valence-corrected chi connectivity index (χ0v) is 24.4. The number of nitrogens with one attached hydrogen (secondary N) is 1. The smallest absolute Gasteiger partial charge is 0.184 e. The predicted molar refractivity (Wildman–Crippen MR) is 155 cm³/mol. The SMILES string of the molecule is CCOc1c(-c2ccc(C(=S)NCCN(C(C)C)C(C)C)s2)ccc(N(CC)CC)c1OC.Cl. The van der Waals surface area contributed by atoms with E-state index in [4.69, 9.17) is 21.7 Å². The summed E-state index contributed by atoms with van der Waals surface area (Å²) in [6, 6.07) is 9.51. The van der Waals surface area contributed by atoms with Crippen LogP contribution in [0, 0.1) is 0 Å². The van der Waals surface area contributed by atoms with Crippen molar-refractivity contribution in [3.05, 3.63) is 29.1 Å². The lowest BCUT2D eigenvalue weighted by Crippen LogP contribution is -2.42. The molecular weight excluding hydrogens is 486 g/mol. The van der Waals surface area contributed by atoms with Gasteiger partial charge in [0.25, 0.3) is 0 Å². The fraction of sp³-hybridized carbons (Fsp3) is 0.577. The molecular formula is C26H42ClN3O2S2. The van der Waals surface area contributed by atoms with Gasteiger partial charge in [-0.15, -0.1) is 23.7 Å². The third-order valence-corrected chi connectivity index (χ3v) is 7.40. The molecule has 0 radical (unpaired) electrons. The van der Waals surface area contributed by atoms with Gasteiger partial charge in [0.1, 0.15) is 4.99 Å². The summed E-state index contributed by atoms with van der Waals surface area (Å²) in [5.41, 5.74) is 2.10. The van der Waals surface area contributed by atoms with Crippen molar-refractivity contribution in [2.45, 2.75) is 60.5 Å². The van der Waals surface area contributed by atoms with E-state index >= 15 is 0 Å². The maximum atomic E-state index is 6.10. The summed E-state index contributed by atoms with van der Waals surface area (Å²) < 4.78 is 11.9. The first-order chi connectivity index (χ1) is 15.8. The molecule has 0 amide bonds. The predicted octanol–water partition coefficient (Wildman–Crippen LogP) is 6.47. The van der Waals surface area contributed by atoms with Crippen molar-refractivity contribution in [3.63, 3.8) is 0 Å². The van der Waals surface area contributed by atoms with Crippen LogP contribution in [0.2, 0.25) is 0 Å². The average molecular weight is 528 g/mol. The molecule has 0 aliphatic carbocycles. The van der Waals surface area contributed by atoms with Gasteiger partial charge in [-0.2, -0.15) is 0 Å². The molecule has 1 aromatic carbocycles. The molecule has 2 aromatic rings. The van der Waals surface area contributed by atoms with Crippen molar-refractivity contribution >= 4 is 46.6 Å². The number of thiocarbonyl (C=S) groups is 1. The van der Waals surface area contributed by atoms with E-state index in [1.54, 1.807) is 18.4 Å². The number of rotatable bonds is 13. The molecule has 1 N–H and O–H groups in total. The van der Waals surface area contributed by atoms with Crippen LogP contribution in [-0.4, -0.2) is 61.9 Å². The van der Waals surface area contributed by atoms with E-state index in [1.807, 2.05) is 6.92 Å². The van der Waals surface area contributed by atoms with E-state index < -0.39 is 0 Å².